The minimum atomic E-state index is 0.0187. The zero-order valence-corrected chi connectivity index (χ0v) is 19.8. The van der Waals surface area contributed by atoms with Crippen LogP contribution in [-0.2, 0) is 14.3 Å². The molecule has 6 heteroatoms. The van der Waals surface area contributed by atoms with E-state index in [0.717, 1.165) is 13.0 Å². The molecule has 0 aromatic rings. The van der Waals surface area contributed by atoms with Crippen LogP contribution >= 0.6 is 0 Å². The maximum Gasteiger partial charge on any atom is 0.224 e. The highest BCUT2D eigenvalue weighted by Gasteiger charge is 2.23. The number of nitrogens with one attached hydrogen (secondary N) is 1. The Kier molecular flexibility index (Phi) is 12.6. The molecule has 0 fully saturated rings. The van der Waals surface area contributed by atoms with Crippen LogP contribution in [0.25, 0.3) is 0 Å². The lowest BCUT2D eigenvalue weighted by Gasteiger charge is -2.32. The summed E-state index contributed by atoms with van der Waals surface area (Å²) in [5, 5.41) is 3.55. The zero-order chi connectivity index (χ0) is 21.9. The lowest BCUT2D eigenvalue weighted by atomic mass is 9.89. The monoisotopic (exact) mass is 399 g/mol. The van der Waals surface area contributed by atoms with Crippen molar-refractivity contribution in [2.45, 2.75) is 79.3 Å². The van der Waals surface area contributed by atoms with Crippen LogP contribution in [0.4, 0.5) is 0 Å². The first kappa shape index (κ1) is 26.9. The van der Waals surface area contributed by atoms with Gasteiger partial charge in [-0.05, 0) is 32.1 Å². The molecule has 6 nitrogen and oxygen atoms in total. The first-order chi connectivity index (χ1) is 12.8. The summed E-state index contributed by atoms with van der Waals surface area (Å²) in [5.74, 6) is 1.02. The molecule has 0 aliphatic heterocycles. The smallest absolute Gasteiger partial charge is 0.224 e. The van der Waals surface area contributed by atoms with Gasteiger partial charge in [0.2, 0.25) is 11.8 Å². The summed E-state index contributed by atoms with van der Waals surface area (Å²) in [6.07, 6.45) is 1.88. The lowest BCUT2D eigenvalue weighted by molar-refractivity contribution is -0.133. The average molecular weight is 400 g/mol. The second-order valence-corrected chi connectivity index (χ2v) is 9.54. The van der Waals surface area contributed by atoms with Gasteiger partial charge < -0.3 is 19.9 Å². The molecule has 0 spiro atoms. The van der Waals surface area contributed by atoms with E-state index in [1.165, 1.54) is 0 Å². The number of ether oxygens (including phenoxy) is 1. The van der Waals surface area contributed by atoms with E-state index in [2.05, 4.69) is 53.8 Å². The van der Waals surface area contributed by atoms with Crippen LogP contribution in [0.15, 0.2) is 0 Å². The Balaban J connectivity index is 4.05. The Morgan fingerprint density at radius 2 is 1.57 bits per heavy atom. The SMILES string of the molecule is CC(C)CN(C)C(=O)CCOCCN(C)C(=O)CC(C)CC(C)(C)NC(C)C. The molecular weight excluding hydrogens is 354 g/mol. The Morgan fingerprint density at radius 3 is 2.11 bits per heavy atom. The number of likely N-dealkylation sites (N-methyl/N-ethyl adjacent to an activating group) is 1. The summed E-state index contributed by atoms with van der Waals surface area (Å²) in [6.45, 7) is 17.1. The van der Waals surface area contributed by atoms with Gasteiger partial charge >= 0.3 is 0 Å². The van der Waals surface area contributed by atoms with Gasteiger partial charge in [0.05, 0.1) is 19.6 Å². The van der Waals surface area contributed by atoms with E-state index < -0.39 is 0 Å². The number of rotatable bonds is 14. The number of hydrogen-bond donors (Lipinski definition) is 1. The minimum Gasteiger partial charge on any atom is -0.379 e. The van der Waals surface area contributed by atoms with Crippen molar-refractivity contribution in [2.24, 2.45) is 11.8 Å². The van der Waals surface area contributed by atoms with Gasteiger partial charge in [0.15, 0.2) is 0 Å². The van der Waals surface area contributed by atoms with Crippen LogP contribution in [0.2, 0.25) is 0 Å². The highest BCUT2D eigenvalue weighted by Crippen LogP contribution is 2.20. The molecule has 0 saturated carbocycles. The molecule has 0 aliphatic rings. The third-order valence-electron chi connectivity index (χ3n) is 4.58. The van der Waals surface area contributed by atoms with Gasteiger partial charge in [-0.2, -0.15) is 0 Å². The molecule has 0 aromatic carbocycles. The normalized spacial score (nSPS) is 13.1. The number of nitrogens with zero attached hydrogens (tertiary/aromatic N) is 2. The zero-order valence-electron chi connectivity index (χ0n) is 19.8. The molecule has 166 valence electrons. The predicted octanol–water partition coefficient (Wildman–Crippen LogP) is 3.16. The van der Waals surface area contributed by atoms with E-state index >= 15 is 0 Å². The molecule has 28 heavy (non-hydrogen) atoms. The van der Waals surface area contributed by atoms with E-state index in [9.17, 15) is 9.59 Å². The molecule has 2 amide bonds. The van der Waals surface area contributed by atoms with E-state index in [-0.39, 0.29) is 17.4 Å². The molecule has 1 N–H and O–H groups in total. The molecule has 0 heterocycles. The third kappa shape index (κ3) is 13.1. The number of hydrogen-bond acceptors (Lipinski definition) is 4. The van der Waals surface area contributed by atoms with Gasteiger partial charge in [-0.1, -0.05) is 34.6 Å². The number of carbonyl (C=O) groups excluding carboxylic acids is 2. The van der Waals surface area contributed by atoms with Crippen molar-refractivity contribution in [3.63, 3.8) is 0 Å². The van der Waals surface area contributed by atoms with Crippen LogP contribution in [-0.4, -0.2) is 73.6 Å². The number of amides is 2. The average Bonchev–Trinajstić information content (AvgIpc) is 2.51. The molecule has 0 bridgehead atoms. The van der Waals surface area contributed by atoms with E-state index in [1.54, 1.807) is 9.80 Å². The number of carbonyl (C=O) groups is 2. The first-order valence-corrected chi connectivity index (χ1v) is 10.7. The Morgan fingerprint density at radius 1 is 0.964 bits per heavy atom. The Bertz CT molecular complexity index is 464. The second kappa shape index (κ2) is 13.2. The summed E-state index contributed by atoms with van der Waals surface area (Å²) in [7, 11) is 3.64. The molecule has 1 unspecified atom stereocenters. The van der Waals surface area contributed by atoms with E-state index in [4.69, 9.17) is 4.74 Å². The molecular formula is C22H45N3O3. The van der Waals surface area contributed by atoms with E-state index in [1.807, 2.05) is 14.1 Å². The quantitative estimate of drug-likeness (QED) is 0.456. The Labute approximate surface area is 173 Å². The summed E-state index contributed by atoms with van der Waals surface area (Å²) in [5.41, 5.74) is 0.0187. The van der Waals surface area contributed by atoms with Gasteiger partial charge in [0.25, 0.3) is 0 Å². The molecule has 1 atom stereocenters. The van der Waals surface area contributed by atoms with E-state index in [0.29, 0.717) is 50.5 Å². The van der Waals surface area contributed by atoms with Crippen LogP contribution in [0, 0.1) is 11.8 Å². The topological polar surface area (TPSA) is 61.9 Å². The summed E-state index contributed by atoms with van der Waals surface area (Å²) >= 11 is 0. The van der Waals surface area contributed by atoms with Gasteiger partial charge in [0, 0.05) is 45.2 Å². The van der Waals surface area contributed by atoms with Gasteiger partial charge in [-0.15, -0.1) is 0 Å². The summed E-state index contributed by atoms with van der Waals surface area (Å²) in [6, 6.07) is 0.426. The first-order valence-electron chi connectivity index (χ1n) is 10.7. The van der Waals surface area contributed by atoms with Gasteiger partial charge in [-0.25, -0.2) is 0 Å². The highest BCUT2D eigenvalue weighted by molar-refractivity contribution is 5.76. The van der Waals surface area contributed by atoms with Crippen molar-refractivity contribution in [3.8, 4) is 0 Å². The van der Waals surface area contributed by atoms with Crippen LogP contribution in [0.3, 0.4) is 0 Å². The van der Waals surface area contributed by atoms with Crippen molar-refractivity contribution in [1.82, 2.24) is 15.1 Å². The molecule has 0 radical (unpaired) electrons. The van der Waals surface area contributed by atoms with Crippen molar-refractivity contribution >= 4 is 11.8 Å². The third-order valence-corrected chi connectivity index (χ3v) is 4.58. The molecule has 0 aliphatic carbocycles. The highest BCUT2D eigenvalue weighted by atomic mass is 16.5. The van der Waals surface area contributed by atoms with Crippen molar-refractivity contribution in [3.05, 3.63) is 0 Å². The van der Waals surface area contributed by atoms with Crippen molar-refractivity contribution < 1.29 is 14.3 Å². The lowest BCUT2D eigenvalue weighted by Crippen LogP contribution is -2.45. The molecule has 0 aromatic heterocycles. The van der Waals surface area contributed by atoms with Crippen LogP contribution in [0.1, 0.15) is 67.7 Å². The second-order valence-electron chi connectivity index (χ2n) is 9.54. The molecule has 0 saturated heterocycles. The van der Waals surface area contributed by atoms with Gasteiger partial charge in [0.1, 0.15) is 0 Å². The van der Waals surface area contributed by atoms with Crippen molar-refractivity contribution in [2.75, 3.05) is 40.4 Å². The standard InChI is InChI=1S/C22H45N3O3/c1-17(2)16-25(9)20(26)10-12-28-13-11-24(8)21(27)14-19(5)15-22(6,7)23-18(3)4/h17-19,23H,10-16H2,1-9H3. The fourth-order valence-corrected chi connectivity index (χ4v) is 3.67. The van der Waals surface area contributed by atoms with Crippen LogP contribution < -0.4 is 5.32 Å². The molecule has 0 rings (SSSR count). The Hall–Kier alpha value is -1.14. The van der Waals surface area contributed by atoms with Gasteiger partial charge in [-0.3, -0.25) is 9.59 Å². The summed E-state index contributed by atoms with van der Waals surface area (Å²) in [4.78, 5) is 27.9. The maximum absolute atomic E-state index is 12.4. The minimum absolute atomic E-state index is 0.0187. The fraction of sp³-hybridized carbons (Fsp3) is 0.909. The predicted molar refractivity (Wildman–Crippen MR) is 116 cm³/mol. The largest absolute Gasteiger partial charge is 0.379 e. The van der Waals surface area contributed by atoms with Crippen molar-refractivity contribution in [1.29, 1.82) is 0 Å². The van der Waals surface area contributed by atoms with Crippen LogP contribution in [0.5, 0.6) is 0 Å². The maximum atomic E-state index is 12.4. The summed E-state index contributed by atoms with van der Waals surface area (Å²) < 4.78 is 5.56. The fourth-order valence-electron chi connectivity index (χ4n) is 3.67.